The van der Waals surface area contributed by atoms with E-state index in [4.69, 9.17) is 32.7 Å². The third kappa shape index (κ3) is 6.61. The van der Waals surface area contributed by atoms with Gasteiger partial charge in [-0.1, -0.05) is 59.6 Å². The molecule has 4 aromatic rings. The quantitative estimate of drug-likeness (QED) is 0.203. The molecule has 0 fully saturated rings. The Morgan fingerprint density at radius 3 is 2.08 bits per heavy atom. The van der Waals surface area contributed by atoms with Crippen molar-refractivity contribution in [1.29, 1.82) is 0 Å². The molecule has 0 spiro atoms. The molecule has 1 unspecified atom stereocenters. The second-order valence-electron chi connectivity index (χ2n) is 8.04. The molecule has 0 saturated heterocycles. The van der Waals surface area contributed by atoms with Gasteiger partial charge in [0.2, 0.25) is 5.91 Å². The van der Waals surface area contributed by atoms with Crippen LogP contribution in [-0.2, 0) is 4.79 Å². The summed E-state index contributed by atoms with van der Waals surface area (Å²) < 4.78 is 10.7. The Kier molecular flexibility index (Phi) is 9.18. The molecule has 0 aliphatic carbocycles. The second kappa shape index (κ2) is 12.7. The third-order valence-corrected chi connectivity index (χ3v) is 7.38. The Morgan fingerprint density at radius 1 is 0.789 bits per heavy atom. The summed E-state index contributed by atoms with van der Waals surface area (Å²) in [5, 5.41) is 6.06. The van der Waals surface area contributed by atoms with Crippen LogP contribution in [0.1, 0.15) is 21.2 Å². The van der Waals surface area contributed by atoms with Crippen molar-refractivity contribution in [2.75, 3.05) is 24.9 Å². The van der Waals surface area contributed by atoms with Gasteiger partial charge in [-0.05, 0) is 60.2 Å². The van der Waals surface area contributed by atoms with E-state index in [0.29, 0.717) is 38.5 Å². The molecule has 2 amide bonds. The average molecular weight is 567 g/mol. The van der Waals surface area contributed by atoms with E-state index in [1.807, 2.05) is 42.5 Å². The summed E-state index contributed by atoms with van der Waals surface area (Å²) in [7, 11) is 2.99. The number of benzene rings is 4. The molecule has 4 aromatic carbocycles. The smallest absolute Gasteiger partial charge is 0.263 e. The van der Waals surface area contributed by atoms with Crippen LogP contribution in [0.5, 0.6) is 11.5 Å². The Hall–Kier alpha value is -3.65. The van der Waals surface area contributed by atoms with E-state index in [2.05, 4.69) is 10.6 Å². The van der Waals surface area contributed by atoms with Crippen molar-refractivity contribution in [3.8, 4) is 11.5 Å². The molecule has 0 aliphatic rings. The van der Waals surface area contributed by atoms with Crippen molar-refractivity contribution in [3.63, 3.8) is 0 Å². The SMILES string of the molecule is COc1cccc(OC)c1C(=O)Nc1ccc(SC(C(=O)Nc2cc(Cl)ccc2Cl)c2ccccc2)cc1. The normalized spacial score (nSPS) is 11.4. The highest BCUT2D eigenvalue weighted by Crippen LogP contribution is 2.38. The van der Waals surface area contributed by atoms with Gasteiger partial charge in [0.15, 0.2) is 0 Å². The summed E-state index contributed by atoms with van der Waals surface area (Å²) in [6.07, 6.45) is 0. The minimum absolute atomic E-state index is 0.244. The van der Waals surface area contributed by atoms with Gasteiger partial charge in [0.1, 0.15) is 22.3 Å². The summed E-state index contributed by atoms with van der Waals surface area (Å²) in [6, 6.07) is 26.7. The standard InChI is InChI=1S/C29H24Cl2N2O4S/c1-36-24-9-6-10-25(37-2)26(24)28(34)32-20-12-14-21(15-13-20)38-27(18-7-4-3-5-8-18)29(35)33-23-17-19(30)11-16-22(23)31/h3-17,27H,1-2H3,(H,32,34)(H,33,35). The summed E-state index contributed by atoms with van der Waals surface area (Å²) in [5.41, 5.74) is 2.15. The van der Waals surface area contributed by atoms with Gasteiger partial charge in [-0.15, -0.1) is 11.8 Å². The lowest BCUT2D eigenvalue weighted by Gasteiger charge is -2.18. The number of rotatable bonds is 9. The number of ether oxygens (including phenoxy) is 2. The van der Waals surface area contributed by atoms with Gasteiger partial charge in [-0.25, -0.2) is 0 Å². The first-order valence-electron chi connectivity index (χ1n) is 11.5. The number of anilines is 2. The van der Waals surface area contributed by atoms with Gasteiger partial charge in [-0.2, -0.15) is 0 Å². The van der Waals surface area contributed by atoms with Gasteiger partial charge in [0, 0.05) is 15.6 Å². The van der Waals surface area contributed by atoms with Gasteiger partial charge in [0.25, 0.3) is 5.91 Å². The molecule has 194 valence electrons. The number of hydrogen-bond donors (Lipinski definition) is 2. The van der Waals surface area contributed by atoms with E-state index < -0.39 is 5.25 Å². The van der Waals surface area contributed by atoms with Gasteiger partial charge in [-0.3, -0.25) is 9.59 Å². The molecule has 1 atom stereocenters. The molecule has 9 heteroatoms. The first kappa shape index (κ1) is 27.4. The van der Waals surface area contributed by atoms with Crippen molar-refractivity contribution < 1.29 is 19.1 Å². The molecule has 0 saturated carbocycles. The highest BCUT2D eigenvalue weighted by atomic mass is 35.5. The third-order valence-electron chi connectivity index (χ3n) is 5.55. The lowest BCUT2D eigenvalue weighted by atomic mass is 10.1. The fourth-order valence-electron chi connectivity index (χ4n) is 3.71. The van der Waals surface area contributed by atoms with Crippen LogP contribution in [-0.4, -0.2) is 26.0 Å². The fourth-order valence-corrected chi connectivity index (χ4v) is 5.08. The second-order valence-corrected chi connectivity index (χ2v) is 10.1. The molecule has 6 nitrogen and oxygen atoms in total. The zero-order valence-corrected chi connectivity index (χ0v) is 22.9. The molecule has 0 bridgehead atoms. The van der Waals surface area contributed by atoms with Crippen LogP contribution in [0.15, 0.2) is 95.9 Å². The maximum absolute atomic E-state index is 13.4. The maximum atomic E-state index is 13.4. The molecule has 38 heavy (non-hydrogen) atoms. The monoisotopic (exact) mass is 566 g/mol. The van der Waals surface area contributed by atoms with E-state index in [-0.39, 0.29) is 11.8 Å². The molecular weight excluding hydrogens is 543 g/mol. The number of carbonyl (C=O) groups is 2. The number of amides is 2. The molecule has 0 heterocycles. The predicted molar refractivity (Wildman–Crippen MR) is 154 cm³/mol. The van der Waals surface area contributed by atoms with Crippen LogP contribution < -0.4 is 20.1 Å². The summed E-state index contributed by atoms with van der Waals surface area (Å²) in [4.78, 5) is 27.2. The highest BCUT2D eigenvalue weighted by Gasteiger charge is 2.23. The number of halogens is 2. The minimum Gasteiger partial charge on any atom is -0.496 e. The van der Waals surface area contributed by atoms with Gasteiger partial charge in [0.05, 0.1) is 24.9 Å². The van der Waals surface area contributed by atoms with Crippen molar-refractivity contribution >= 4 is 58.2 Å². The Morgan fingerprint density at radius 2 is 1.45 bits per heavy atom. The number of hydrogen-bond acceptors (Lipinski definition) is 5. The van der Waals surface area contributed by atoms with Crippen LogP contribution >= 0.6 is 35.0 Å². The summed E-state index contributed by atoms with van der Waals surface area (Å²) >= 11 is 13.7. The van der Waals surface area contributed by atoms with Crippen LogP contribution in [0, 0.1) is 0 Å². The van der Waals surface area contributed by atoms with E-state index in [1.54, 1.807) is 48.5 Å². The predicted octanol–water partition coefficient (Wildman–Crippen LogP) is 7.74. The van der Waals surface area contributed by atoms with Crippen LogP contribution in [0.2, 0.25) is 10.0 Å². The average Bonchev–Trinajstić information content (AvgIpc) is 2.94. The minimum atomic E-state index is -0.565. The molecule has 2 N–H and O–H groups in total. The van der Waals surface area contributed by atoms with Crippen molar-refractivity contribution in [3.05, 3.63) is 112 Å². The number of nitrogens with one attached hydrogen (secondary N) is 2. The Bertz CT molecular complexity index is 1410. The lowest BCUT2D eigenvalue weighted by molar-refractivity contribution is -0.115. The molecule has 0 aliphatic heterocycles. The number of carbonyl (C=O) groups excluding carboxylic acids is 2. The molecular formula is C29H24Cl2N2O4S. The van der Waals surface area contributed by atoms with Gasteiger partial charge >= 0.3 is 0 Å². The maximum Gasteiger partial charge on any atom is 0.263 e. The largest absolute Gasteiger partial charge is 0.496 e. The van der Waals surface area contributed by atoms with Crippen LogP contribution in [0.4, 0.5) is 11.4 Å². The number of thioether (sulfide) groups is 1. The van der Waals surface area contributed by atoms with Crippen molar-refractivity contribution in [1.82, 2.24) is 0 Å². The lowest BCUT2D eigenvalue weighted by Crippen LogP contribution is -2.19. The van der Waals surface area contributed by atoms with Crippen molar-refractivity contribution in [2.24, 2.45) is 0 Å². The van der Waals surface area contributed by atoms with Crippen molar-refractivity contribution in [2.45, 2.75) is 10.1 Å². The Labute approximate surface area is 235 Å². The molecule has 0 radical (unpaired) electrons. The fraction of sp³-hybridized carbons (Fsp3) is 0.103. The van der Waals surface area contributed by atoms with E-state index in [9.17, 15) is 9.59 Å². The van der Waals surface area contributed by atoms with E-state index in [0.717, 1.165) is 10.5 Å². The topological polar surface area (TPSA) is 76.7 Å². The first-order valence-corrected chi connectivity index (χ1v) is 13.1. The van der Waals surface area contributed by atoms with Crippen LogP contribution in [0.25, 0.3) is 0 Å². The summed E-state index contributed by atoms with van der Waals surface area (Å²) in [5.74, 6) is 0.210. The van der Waals surface area contributed by atoms with Gasteiger partial charge < -0.3 is 20.1 Å². The zero-order valence-electron chi connectivity index (χ0n) is 20.5. The van der Waals surface area contributed by atoms with E-state index >= 15 is 0 Å². The summed E-state index contributed by atoms with van der Waals surface area (Å²) in [6.45, 7) is 0. The molecule has 4 rings (SSSR count). The number of methoxy groups -OCH3 is 2. The molecule has 0 aromatic heterocycles. The zero-order chi connectivity index (χ0) is 27.1. The van der Waals surface area contributed by atoms with E-state index in [1.165, 1.54) is 26.0 Å². The van der Waals surface area contributed by atoms with Crippen LogP contribution in [0.3, 0.4) is 0 Å². The first-order chi connectivity index (χ1) is 18.4. The highest BCUT2D eigenvalue weighted by molar-refractivity contribution is 8.00. The Balaban J connectivity index is 1.53.